The van der Waals surface area contributed by atoms with Gasteiger partial charge in [0.2, 0.25) is 0 Å². The van der Waals surface area contributed by atoms with Crippen LogP contribution in [0.25, 0.3) is 0 Å². The van der Waals surface area contributed by atoms with Crippen LogP contribution in [0.15, 0.2) is 34.2 Å². The number of benzene rings is 1. The van der Waals surface area contributed by atoms with E-state index in [1.807, 2.05) is 0 Å². The molecule has 6 nitrogen and oxygen atoms in total. The predicted octanol–water partition coefficient (Wildman–Crippen LogP) is 1.14. The summed E-state index contributed by atoms with van der Waals surface area (Å²) in [5, 5.41) is 3.27. The summed E-state index contributed by atoms with van der Waals surface area (Å²) in [4.78, 5) is 6.80. The molecule has 0 aromatic heterocycles. The lowest BCUT2D eigenvalue weighted by Gasteiger charge is -2.20. The molecule has 0 atom stereocenters. The monoisotopic (exact) mass is 325 g/mol. The number of ether oxygens (including phenoxy) is 1. The molecule has 1 saturated heterocycles. The lowest BCUT2D eigenvalue weighted by molar-refractivity contribution is 0.319. The van der Waals surface area contributed by atoms with Gasteiger partial charge in [0.1, 0.15) is 12.4 Å². The molecule has 1 aromatic carbocycles. The van der Waals surface area contributed by atoms with Crippen molar-refractivity contribution >= 4 is 15.8 Å². The van der Waals surface area contributed by atoms with Gasteiger partial charge in [0.05, 0.1) is 11.4 Å². The Hall–Kier alpha value is -1.76. The molecule has 22 heavy (non-hydrogen) atoms. The van der Waals surface area contributed by atoms with Gasteiger partial charge in [-0.05, 0) is 37.1 Å². The van der Waals surface area contributed by atoms with E-state index >= 15 is 0 Å². The van der Waals surface area contributed by atoms with Gasteiger partial charge < -0.3 is 15.0 Å². The zero-order chi connectivity index (χ0) is 16.0. The molecular formula is C15H23N3O3S. The van der Waals surface area contributed by atoms with E-state index in [4.69, 9.17) is 4.74 Å². The Morgan fingerprint density at radius 1 is 1.27 bits per heavy atom. The maximum Gasteiger partial charge on any atom is 0.193 e. The van der Waals surface area contributed by atoms with E-state index in [-0.39, 0.29) is 0 Å². The van der Waals surface area contributed by atoms with Crippen molar-refractivity contribution in [1.29, 1.82) is 0 Å². The van der Waals surface area contributed by atoms with Gasteiger partial charge in [0, 0.05) is 26.4 Å². The van der Waals surface area contributed by atoms with Gasteiger partial charge in [0.15, 0.2) is 15.8 Å². The first-order chi connectivity index (χ1) is 10.5. The van der Waals surface area contributed by atoms with Crippen LogP contribution in [0.4, 0.5) is 0 Å². The van der Waals surface area contributed by atoms with E-state index in [0.29, 0.717) is 23.8 Å². The molecule has 0 amide bonds. The molecule has 1 aliphatic rings. The van der Waals surface area contributed by atoms with Crippen LogP contribution in [-0.4, -0.2) is 58.8 Å². The Morgan fingerprint density at radius 3 is 2.45 bits per heavy atom. The van der Waals surface area contributed by atoms with Gasteiger partial charge in [0.25, 0.3) is 0 Å². The first kappa shape index (κ1) is 16.6. The number of aliphatic imine (C=N–C) groups is 1. The zero-order valence-electron chi connectivity index (χ0n) is 13.1. The first-order valence-electron chi connectivity index (χ1n) is 7.39. The van der Waals surface area contributed by atoms with E-state index < -0.39 is 9.84 Å². The van der Waals surface area contributed by atoms with E-state index in [1.54, 1.807) is 31.3 Å². The van der Waals surface area contributed by atoms with Gasteiger partial charge in [-0.25, -0.2) is 8.42 Å². The third-order valence-electron chi connectivity index (χ3n) is 3.52. The normalized spacial score (nSPS) is 15.9. The van der Waals surface area contributed by atoms with Crippen molar-refractivity contribution in [2.75, 3.05) is 39.5 Å². The van der Waals surface area contributed by atoms with Crippen LogP contribution >= 0.6 is 0 Å². The van der Waals surface area contributed by atoms with Crippen molar-refractivity contribution < 1.29 is 13.2 Å². The third kappa shape index (κ3) is 4.62. The van der Waals surface area contributed by atoms with Crippen molar-refractivity contribution in [3.63, 3.8) is 0 Å². The molecule has 0 spiro atoms. The second kappa shape index (κ2) is 7.49. The second-order valence-corrected chi connectivity index (χ2v) is 7.28. The molecule has 1 fully saturated rings. The van der Waals surface area contributed by atoms with Gasteiger partial charge >= 0.3 is 0 Å². The van der Waals surface area contributed by atoms with E-state index in [0.717, 1.165) is 19.0 Å². The SMILES string of the molecule is CN=C(NCCOc1ccc(S(C)(=O)=O)cc1)N1CCCC1. The average molecular weight is 325 g/mol. The van der Waals surface area contributed by atoms with Crippen LogP contribution in [0.1, 0.15) is 12.8 Å². The van der Waals surface area contributed by atoms with Crippen molar-refractivity contribution in [3.8, 4) is 5.75 Å². The van der Waals surface area contributed by atoms with Gasteiger partial charge in [-0.15, -0.1) is 0 Å². The predicted molar refractivity (Wildman–Crippen MR) is 87.2 cm³/mol. The Morgan fingerprint density at radius 2 is 1.91 bits per heavy atom. The number of rotatable bonds is 5. The van der Waals surface area contributed by atoms with Crippen LogP contribution in [0.3, 0.4) is 0 Å². The molecule has 1 aromatic rings. The molecule has 0 aliphatic carbocycles. The fraction of sp³-hybridized carbons (Fsp3) is 0.533. The highest BCUT2D eigenvalue weighted by Crippen LogP contribution is 2.15. The Kier molecular flexibility index (Phi) is 5.65. The van der Waals surface area contributed by atoms with Crippen LogP contribution < -0.4 is 10.1 Å². The molecule has 0 saturated carbocycles. The summed E-state index contributed by atoms with van der Waals surface area (Å²) in [5.41, 5.74) is 0. The van der Waals surface area contributed by atoms with Crippen molar-refractivity contribution in [3.05, 3.63) is 24.3 Å². The minimum atomic E-state index is -3.16. The standard InChI is InChI=1S/C15H23N3O3S/c1-16-15(18-10-3-4-11-18)17-9-12-21-13-5-7-14(8-6-13)22(2,19)20/h5-8H,3-4,9-12H2,1-2H3,(H,16,17). The highest BCUT2D eigenvalue weighted by atomic mass is 32.2. The molecule has 1 heterocycles. The zero-order valence-corrected chi connectivity index (χ0v) is 13.9. The lowest BCUT2D eigenvalue weighted by atomic mass is 10.3. The lowest BCUT2D eigenvalue weighted by Crippen LogP contribution is -2.41. The summed E-state index contributed by atoms with van der Waals surface area (Å²) in [6, 6.07) is 6.46. The van der Waals surface area contributed by atoms with E-state index in [1.165, 1.54) is 19.1 Å². The highest BCUT2D eigenvalue weighted by Gasteiger charge is 2.15. The van der Waals surface area contributed by atoms with Crippen LogP contribution in [0.5, 0.6) is 5.75 Å². The molecular weight excluding hydrogens is 302 g/mol. The summed E-state index contributed by atoms with van der Waals surface area (Å²) in [6.45, 7) is 3.24. The molecule has 7 heteroatoms. The number of sulfone groups is 1. The van der Waals surface area contributed by atoms with Crippen LogP contribution in [0, 0.1) is 0 Å². The largest absolute Gasteiger partial charge is 0.492 e. The quantitative estimate of drug-likeness (QED) is 0.499. The van der Waals surface area contributed by atoms with E-state index in [2.05, 4.69) is 15.2 Å². The molecule has 1 aliphatic heterocycles. The Bertz CT molecular complexity index is 605. The number of hydrogen-bond acceptors (Lipinski definition) is 4. The number of nitrogens with zero attached hydrogens (tertiary/aromatic N) is 2. The molecule has 122 valence electrons. The van der Waals surface area contributed by atoms with Crippen molar-refractivity contribution in [2.24, 2.45) is 4.99 Å². The topological polar surface area (TPSA) is 71.0 Å². The minimum absolute atomic E-state index is 0.299. The highest BCUT2D eigenvalue weighted by molar-refractivity contribution is 7.90. The summed E-state index contributed by atoms with van der Waals surface area (Å²) in [5.74, 6) is 1.57. The van der Waals surface area contributed by atoms with Crippen LogP contribution in [0.2, 0.25) is 0 Å². The minimum Gasteiger partial charge on any atom is -0.492 e. The fourth-order valence-electron chi connectivity index (χ4n) is 2.38. The van der Waals surface area contributed by atoms with Crippen LogP contribution in [-0.2, 0) is 9.84 Å². The van der Waals surface area contributed by atoms with E-state index in [9.17, 15) is 8.42 Å². The molecule has 0 unspecified atom stereocenters. The average Bonchev–Trinajstić information content (AvgIpc) is 3.01. The summed E-state index contributed by atoms with van der Waals surface area (Å²) in [6.07, 6.45) is 3.62. The maximum atomic E-state index is 11.4. The first-order valence-corrected chi connectivity index (χ1v) is 9.28. The number of guanidine groups is 1. The molecule has 1 N–H and O–H groups in total. The Labute approximate surface area is 132 Å². The number of nitrogens with one attached hydrogen (secondary N) is 1. The Balaban J connectivity index is 1.76. The van der Waals surface area contributed by atoms with Gasteiger partial charge in [-0.2, -0.15) is 0 Å². The third-order valence-corrected chi connectivity index (χ3v) is 4.65. The van der Waals surface area contributed by atoms with Gasteiger partial charge in [-0.3, -0.25) is 4.99 Å². The van der Waals surface area contributed by atoms with Crippen molar-refractivity contribution in [2.45, 2.75) is 17.7 Å². The number of likely N-dealkylation sites (tertiary alicyclic amines) is 1. The maximum absolute atomic E-state index is 11.4. The molecule has 0 bridgehead atoms. The number of hydrogen-bond donors (Lipinski definition) is 1. The smallest absolute Gasteiger partial charge is 0.193 e. The summed E-state index contributed by atoms with van der Waals surface area (Å²) < 4.78 is 28.3. The summed E-state index contributed by atoms with van der Waals surface area (Å²) >= 11 is 0. The van der Waals surface area contributed by atoms with Gasteiger partial charge in [-0.1, -0.05) is 0 Å². The fourth-order valence-corrected chi connectivity index (χ4v) is 3.01. The second-order valence-electron chi connectivity index (χ2n) is 5.26. The van der Waals surface area contributed by atoms with Crippen molar-refractivity contribution in [1.82, 2.24) is 10.2 Å². The summed E-state index contributed by atoms with van der Waals surface area (Å²) in [7, 11) is -1.37. The molecule has 2 rings (SSSR count). The molecule has 0 radical (unpaired) electrons.